The summed E-state index contributed by atoms with van der Waals surface area (Å²) in [5.41, 5.74) is 1.16. The maximum atomic E-state index is 13.8. The van der Waals surface area contributed by atoms with Crippen molar-refractivity contribution in [3.8, 4) is 0 Å². The molecule has 0 spiro atoms. The average molecular weight is 485 g/mol. The van der Waals surface area contributed by atoms with E-state index in [0.29, 0.717) is 5.69 Å². The highest BCUT2D eigenvalue weighted by molar-refractivity contribution is 7.92. The molecule has 2 N–H and O–H groups in total. The molecule has 34 heavy (non-hydrogen) atoms. The molecule has 1 amide bonds. The van der Waals surface area contributed by atoms with Gasteiger partial charge >= 0.3 is 0 Å². The van der Waals surface area contributed by atoms with Gasteiger partial charge in [-0.15, -0.1) is 0 Å². The number of imidazole rings is 1. The lowest BCUT2D eigenvalue weighted by Gasteiger charge is -2.22. The van der Waals surface area contributed by atoms with Gasteiger partial charge in [-0.25, -0.2) is 22.2 Å². The van der Waals surface area contributed by atoms with Crippen LogP contribution >= 0.6 is 0 Å². The second-order valence-corrected chi connectivity index (χ2v) is 9.77. The van der Waals surface area contributed by atoms with Crippen LogP contribution in [0.3, 0.4) is 0 Å². The van der Waals surface area contributed by atoms with E-state index in [4.69, 9.17) is 0 Å². The van der Waals surface area contributed by atoms with E-state index < -0.39 is 33.6 Å². The zero-order valence-corrected chi connectivity index (χ0v) is 19.2. The minimum absolute atomic E-state index is 0.111. The van der Waals surface area contributed by atoms with E-state index in [2.05, 4.69) is 15.0 Å². The van der Waals surface area contributed by atoms with E-state index in [1.54, 1.807) is 36.4 Å². The fourth-order valence-corrected chi connectivity index (χ4v) is 4.76. The van der Waals surface area contributed by atoms with Crippen molar-refractivity contribution in [2.75, 3.05) is 10.0 Å². The summed E-state index contributed by atoms with van der Waals surface area (Å²) >= 11 is 0. The molecule has 10 heteroatoms. The first-order chi connectivity index (χ1) is 16.2. The number of rotatable bonds is 7. The highest BCUT2D eigenvalue weighted by Crippen LogP contribution is 2.27. The standard InChI is InChI=1S/C24H22F2N4O3S/c1-15(2)23(30-14-27-21-12-19(25)20(26)13-22(21)30)24(31)28-16-7-6-8-17(11-16)29-34(32,33)18-9-4-3-5-10-18/h3-15,23,29H,1-2H3,(H,28,31). The zero-order valence-electron chi connectivity index (χ0n) is 18.4. The fraction of sp³-hybridized carbons (Fsp3) is 0.167. The van der Waals surface area contributed by atoms with E-state index >= 15 is 0 Å². The Labute approximate surface area is 195 Å². The highest BCUT2D eigenvalue weighted by Gasteiger charge is 2.26. The number of amides is 1. The Kier molecular flexibility index (Phi) is 6.34. The molecule has 4 aromatic rings. The van der Waals surface area contributed by atoms with Gasteiger partial charge in [-0.2, -0.15) is 0 Å². The number of hydrogen-bond donors (Lipinski definition) is 2. The van der Waals surface area contributed by atoms with Gasteiger partial charge in [0.05, 0.1) is 27.9 Å². The minimum Gasteiger partial charge on any atom is -0.324 e. The Morgan fingerprint density at radius 2 is 1.62 bits per heavy atom. The van der Waals surface area contributed by atoms with Crippen molar-refractivity contribution in [1.29, 1.82) is 0 Å². The van der Waals surface area contributed by atoms with Gasteiger partial charge < -0.3 is 9.88 Å². The molecule has 0 bridgehead atoms. The van der Waals surface area contributed by atoms with E-state index in [1.807, 2.05) is 13.8 Å². The Bertz CT molecular complexity index is 1450. The lowest BCUT2D eigenvalue weighted by Crippen LogP contribution is -2.29. The normalized spacial score (nSPS) is 12.6. The lowest BCUT2D eigenvalue weighted by atomic mass is 10.0. The number of nitrogens with zero attached hydrogens (tertiary/aromatic N) is 2. The number of sulfonamides is 1. The number of fused-ring (bicyclic) bond motifs is 1. The van der Waals surface area contributed by atoms with E-state index in [1.165, 1.54) is 29.1 Å². The maximum Gasteiger partial charge on any atom is 0.261 e. The molecule has 0 aliphatic heterocycles. The van der Waals surface area contributed by atoms with Crippen LogP contribution in [-0.2, 0) is 14.8 Å². The summed E-state index contributed by atoms with van der Waals surface area (Å²) in [6.07, 6.45) is 1.37. The average Bonchev–Trinajstić information content (AvgIpc) is 3.16. The third kappa shape index (κ3) is 4.76. The van der Waals surface area contributed by atoms with Crippen molar-refractivity contribution < 1.29 is 22.0 Å². The molecule has 1 aromatic heterocycles. The molecule has 0 saturated heterocycles. The Hall–Kier alpha value is -3.79. The van der Waals surface area contributed by atoms with Gasteiger partial charge in [0.25, 0.3) is 10.0 Å². The van der Waals surface area contributed by atoms with Crippen molar-refractivity contribution in [3.05, 3.63) is 84.7 Å². The summed E-state index contributed by atoms with van der Waals surface area (Å²) in [5.74, 6) is -2.68. The number of benzene rings is 3. The van der Waals surface area contributed by atoms with Gasteiger partial charge in [0.2, 0.25) is 5.91 Å². The van der Waals surface area contributed by atoms with Crippen LogP contribution in [0.2, 0.25) is 0 Å². The van der Waals surface area contributed by atoms with Crippen molar-refractivity contribution in [1.82, 2.24) is 9.55 Å². The Morgan fingerprint density at radius 3 is 2.32 bits per heavy atom. The number of aromatic nitrogens is 2. The second kappa shape index (κ2) is 9.22. The molecular formula is C24H22F2N4O3S. The van der Waals surface area contributed by atoms with Crippen LogP contribution in [0.25, 0.3) is 11.0 Å². The molecule has 1 unspecified atom stereocenters. The predicted molar refractivity (Wildman–Crippen MR) is 126 cm³/mol. The molecule has 0 aliphatic rings. The topological polar surface area (TPSA) is 93.1 Å². The summed E-state index contributed by atoms with van der Waals surface area (Å²) in [6, 6.07) is 15.4. The number of carbonyl (C=O) groups excluding carboxylic acids is 1. The molecule has 1 atom stereocenters. The SMILES string of the molecule is CC(C)C(C(=O)Nc1cccc(NS(=O)(=O)c2ccccc2)c1)n1cnc2cc(F)c(F)cc21. The van der Waals surface area contributed by atoms with Crippen LogP contribution in [0.4, 0.5) is 20.2 Å². The van der Waals surface area contributed by atoms with Crippen LogP contribution in [0, 0.1) is 17.6 Å². The van der Waals surface area contributed by atoms with E-state index in [-0.39, 0.29) is 27.5 Å². The maximum absolute atomic E-state index is 13.8. The molecule has 0 fully saturated rings. The van der Waals surface area contributed by atoms with E-state index in [9.17, 15) is 22.0 Å². The largest absolute Gasteiger partial charge is 0.324 e. The number of hydrogen-bond acceptors (Lipinski definition) is 4. The predicted octanol–water partition coefficient (Wildman–Crippen LogP) is 4.95. The van der Waals surface area contributed by atoms with Crippen molar-refractivity contribution in [3.63, 3.8) is 0 Å². The second-order valence-electron chi connectivity index (χ2n) is 8.08. The van der Waals surface area contributed by atoms with Crippen molar-refractivity contribution >= 4 is 38.3 Å². The quantitative estimate of drug-likeness (QED) is 0.388. The molecule has 1 heterocycles. The summed E-state index contributed by atoms with van der Waals surface area (Å²) in [4.78, 5) is 17.4. The Balaban J connectivity index is 1.59. The smallest absolute Gasteiger partial charge is 0.261 e. The third-order valence-corrected chi connectivity index (χ3v) is 6.65. The first-order valence-corrected chi connectivity index (χ1v) is 11.9. The summed E-state index contributed by atoms with van der Waals surface area (Å²) in [5, 5.41) is 2.78. The molecule has 0 radical (unpaired) electrons. The summed E-state index contributed by atoms with van der Waals surface area (Å²) in [6.45, 7) is 3.64. The van der Waals surface area contributed by atoms with Crippen molar-refractivity contribution in [2.45, 2.75) is 24.8 Å². The lowest BCUT2D eigenvalue weighted by molar-refractivity contribution is -0.120. The van der Waals surface area contributed by atoms with Crippen LogP contribution in [0.15, 0.2) is 78.0 Å². The van der Waals surface area contributed by atoms with Gasteiger partial charge in [-0.3, -0.25) is 9.52 Å². The number of anilines is 2. The molecule has 0 aliphatic carbocycles. The molecule has 3 aromatic carbocycles. The summed E-state index contributed by atoms with van der Waals surface area (Å²) in [7, 11) is -3.80. The number of carbonyl (C=O) groups is 1. The molecular weight excluding hydrogens is 462 g/mol. The highest BCUT2D eigenvalue weighted by atomic mass is 32.2. The number of nitrogens with one attached hydrogen (secondary N) is 2. The van der Waals surface area contributed by atoms with Crippen LogP contribution in [0.1, 0.15) is 19.9 Å². The van der Waals surface area contributed by atoms with Crippen LogP contribution in [0.5, 0.6) is 0 Å². The first-order valence-electron chi connectivity index (χ1n) is 10.5. The Morgan fingerprint density at radius 1 is 0.941 bits per heavy atom. The number of halogens is 2. The van der Waals surface area contributed by atoms with Crippen LogP contribution in [-0.4, -0.2) is 23.9 Å². The van der Waals surface area contributed by atoms with Crippen LogP contribution < -0.4 is 10.0 Å². The van der Waals surface area contributed by atoms with Crippen molar-refractivity contribution in [2.24, 2.45) is 5.92 Å². The minimum atomic E-state index is -3.80. The fourth-order valence-electron chi connectivity index (χ4n) is 3.68. The van der Waals surface area contributed by atoms with Gasteiger partial charge in [-0.1, -0.05) is 38.1 Å². The molecule has 176 valence electrons. The zero-order chi connectivity index (χ0) is 24.5. The summed E-state index contributed by atoms with van der Waals surface area (Å²) < 4.78 is 56.6. The molecule has 4 rings (SSSR count). The van der Waals surface area contributed by atoms with Gasteiger partial charge in [0, 0.05) is 17.8 Å². The van der Waals surface area contributed by atoms with E-state index in [0.717, 1.165) is 12.1 Å². The third-order valence-electron chi connectivity index (χ3n) is 5.25. The van der Waals surface area contributed by atoms with Gasteiger partial charge in [-0.05, 0) is 36.2 Å². The first kappa shape index (κ1) is 23.4. The molecule has 0 saturated carbocycles. The monoisotopic (exact) mass is 484 g/mol. The van der Waals surface area contributed by atoms with Gasteiger partial charge in [0.1, 0.15) is 6.04 Å². The molecule has 7 nitrogen and oxygen atoms in total. The van der Waals surface area contributed by atoms with Gasteiger partial charge in [0.15, 0.2) is 11.6 Å².